The Morgan fingerprint density at radius 3 is 2.75 bits per heavy atom. The molecule has 16 heavy (non-hydrogen) atoms. The Labute approximate surface area is 93.2 Å². The van der Waals surface area contributed by atoms with E-state index in [1.807, 2.05) is 30.3 Å². The van der Waals surface area contributed by atoms with Crippen molar-refractivity contribution in [1.29, 1.82) is 0 Å². The van der Waals surface area contributed by atoms with Crippen molar-refractivity contribution in [2.75, 3.05) is 11.4 Å². The first-order chi connectivity index (χ1) is 7.72. The lowest BCUT2D eigenvalue weighted by atomic mass is 10.1. The lowest BCUT2D eigenvalue weighted by molar-refractivity contribution is -0.117. The predicted molar refractivity (Wildman–Crippen MR) is 60.3 cm³/mol. The standard InChI is InChI=1S/C11H13N3O2/c12-11(13-16)8-6-10(15)14(7-8)9-4-2-1-3-5-9/h1-5,8,16H,6-7H2,(H2,12,13)/t8-/m1/s1. The van der Waals surface area contributed by atoms with Crippen molar-refractivity contribution in [3.8, 4) is 0 Å². The summed E-state index contributed by atoms with van der Waals surface area (Å²) in [6.45, 7) is 0.471. The lowest BCUT2D eigenvalue weighted by Gasteiger charge is -2.16. The summed E-state index contributed by atoms with van der Waals surface area (Å²) in [5.41, 5.74) is 6.35. The van der Waals surface area contributed by atoms with Gasteiger partial charge in [-0.3, -0.25) is 4.79 Å². The molecular formula is C11H13N3O2. The van der Waals surface area contributed by atoms with Crippen LogP contribution in [0.25, 0.3) is 0 Å². The number of hydrogen-bond acceptors (Lipinski definition) is 3. The van der Waals surface area contributed by atoms with Crippen LogP contribution >= 0.6 is 0 Å². The van der Waals surface area contributed by atoms with Crippen molar-refractivity contribution in [3.05, 3.63) is 30.3 Å². The molecule has 0 aliphatic carbocycles. The van der Waals surface area contributed by atoms with Crippen LogP contribution in [0.5, 0.6) is 0 Å². The Balaban J connectivity index is 2.18. The number of amidine groups is 1. The monoisotopic (exact) mass is 219 g/mol. The number of carbonyl (C=O) groups is 1. The molecule has 1 aromatic carbocycles. The van der Waals surface area contributed by atoms with Gasteiger partial charge in [-0.05, 0) is 12.1 Å². The van der Waals surface area contributed by atoms with Gasteiger partial charge in [0.15, 0.2) is 0 Å². The van der Waals surface area contributed by atoms with E-state index in [2.05, 4.69) is 5.16 Å². The first-order valence-corrected chi connectivity index (χ1v) is 5.05. The summed E-state index contributed by atoms with van der Waals surface area (Å²) in [4.78, 5) is 13.4. The maximum atomic E-state index is 11.7. The number of benzene rings is 1. The maximum Gasteiger partial charge on any atom is 0.227 e. The Kier molecular flexibility index (Phi) is 2.76. The summed E-state index contributed by atoms with van der Waals surface area (Å²) in [6, 6.07) is 9.38. The summed E-state index contributed by atoms with van der Waals surface area (Å²) in [7, 11) is 0. The van der Waals surface area contributed by atoms with Crippen LogP contribution in [-0.4, -0.2) is 23.5 Å². The van der Waals surface area contributed by atoms with Crippen LogP contribution in [-0.2, 0) is 4.79 Å². The van der Waals surface area contributed by atoms with E-state index >= 15 is 0 Å². The number of rotatable bonds is 2. The van der Waals surface area contributed by atoms with Crippen LogP contribution in [0.1, 0.15) is 6.42 Å². The van der Waals surface area contributed by atoms with Crippen molar-refractivity contribution < 1.29 is 10.0 Å². The number of para-hydroxylation sites is 1. The first kappa shape index (κ1) is 10.5. The van der Waals surface area contributed by atoms with Gasteiger partial charge in [0.2, 0.25) is 5.91 Å². The molecule has 0 saturated carbocycles. The minimum absolute atomic E-state index is 0.00259. The summed E-state index contributed by atoms with van der Waals surface area (Å²) in [5, 5.41) is 11.5. The Hall–Kier alpha value is -2.04. The smallest absolute Gasteiger partial charge is 0.227 e. The zero-order valence-corrected chi connectivity index (χ0v) is 8.71. The average molecular weight is 219 g/mol. The lowest BCUT2D eigenvalue weighted by Crippen LogP contribution is -2.28. The number of amides is 1. The third kappa shape index (κ3) is 1.84. The molecule has 1 aliphatic rings. The molecule has 1 saturated heterocycles. The average Bonchev–Trinajstić information content (AvgIpc) is 2.71. The molecule has 1 amide bonds. The van der Waals surface area contributed by atoms with Gasteiger partial charge in [-0.1, -0.05) is 23.4 Å². The Bertz CT molecular complexity index is 416. The third-order valence-electron chi connectivity index (χ3n) is 2.73. The van der Waals surface area contributed by atoms with Crippen molar-refractivity contribution in [1.82, 2.24) is 0 Å². The van der Waals surface area contributed by atoms with E-state index < -0.39 is 0 Å². The molecule has 1 aromatic rings. The van der Waals surface area contributed by atoms with Crippen molar-refractivity contribution in [2.45, 2.75) is 6.42 Å². The van der Waals surface area contributed by atoms with E-state index in [9.17, 15) is 4.79 Å². The van der Waals surface area contributed by atoms with Crippen molar-refractivity contribution in [3.63, 3.8) is 0 Å². The molecule has 5 nitrogen and oxygen atoms in total. The first-order valence-electron chi connectivity index (χ1n) is 5.05. The summed E-state index contributed by atoms with van der Waals surface area (Å²) in [6.07, 6.45) is 0.296. The van der Waals surface area contributed by atoms with Crippen LogP contribution in [0.2, 0.25) is 0 Å². The molecule has 0 aromatic heterocycles. The van der Waals surface area contributed by atoms with E-state index in [0.717, 1.165) is 5.69 Å². The van der Waals surface area contributed by atoms with Gasteiger partial charge in [0.05, 0.1) is 0 Å². The number of carbonyl (C=O) groups excluding carboxylic acids is 1. The Morgan fingerprint density at radius 2 is 2.12 bits per heavy atom. The van der Waals surface area contributed by atoms with Gasteiger partial charge in [-0.2, -0.15) is 0 Å². The summed E-state index contributed by atoms with van der Waals surface area (Å²) >= 11 is 0. The third-order valence-corrected chi connectivity index (χ3v) is 2.73. The van der Waals surface area contributed by atoms with E-state index in [4.69, 9.17) is 10.9 Å². The van der Waals surface area contributed by atoms with Crippen LogP contribution in [0.15, 0.2) is 35.5 Å². The molecule has 84 valence electrons. The van der Waals surface area contributed by atoms with Crippen LogP contribution in [0.4, 0.5) is 5.69 Å². The maximum absolute atomic E-state index is 11.7. The van der Waals surface area contributed by atoms with Gasteiger partial charge in [-0.25, -0.2) is 0 Å². The number of hydrogen-bond donors (Lipinski definition) is 2. The largest absolute Gasteiger partial charge is 0.409 e. The van der Waals surface area contributed by atoms with Crippen LogP contribution in [0.3, 0.4) is 0 Å². The SMILES string of the molecule is N/C(=N/O)[C@@H]1CC(=O)N(c2ccccc2)C1. The minimum atomic E-state index is -0.197. The summed E-state index contributed by atoms with van der Waals surface area (Å²) < 4.78 is 0. The highest BCUT2D eigenvalue weighted by Crippen LogP contribution is 2.24. The van der Waals surface area contributed by atoms with E-state index in [1.54, 1.807) is 4.90 Å². The zero-order chi connectivity index (χ0) is 11.5. The second kappa shape index (κ2) is 4.22. The molecule has 1 fully saturated rings. The molecule has 0 unspecified atom stereocenters. The van der Waals surface area contributed by atoms with Gasteiger partial charge < -0.3 is 15.8 Å². The second-order valence-corrected chi connectivity index (χ2v) is 3.77. The van der Waals surface area contributed by atoms with Crippen molar-refractivity contribution in [2.24, 2.45) is 16.8 Å². The molecule has 0 radical (unpaired) electrons. The molecule has 3 N–H and O–H groups in total. The second-order valence-electron chi connectivity index (χ2n) is 3.77. The van der Waals surface area contributed by atoms with Gasteiger partial charge >= 0.3 is 0 Å². The highest BCUT2D eigenvalue weighted by Gasteiger charge is 2.32. The van der Waals surface area contributed by atoms with Gasteiger partial charge in [0, 0.05) is 24.6 Å². The Morgan fingerprint density at radius 1 is 1.44 bits per heavy atom. The predicted octanol–water partition coefficient (Wildman–Crippen LogP) is 0.786. The number of oxime groups is 1. The molecule has 0 spiro atoms. The topological polar surface area (TPSA) is 78.9 Å². The van der Waals surface area contributed by atoms with Gasteiger partial charge in [0.1, 0.15) is 5.84 Å². The number of nitrogens with two attached hydrogens (primary N) is 1. The number of anilines is 1. The normalized spacial score (nSPS) is 21.5. The molecule has 0 bridgehead atoms. The zero-order valence-electron chi connectivity index (χ0n) is 8.71. The highest BCUT2D eigenvalue weighted by atomic mass is 16.4. The van der Waals surface area contributed by atoms with Gasteiger partial charge in [-0.15, -0.1) is 0 Å². The van der Waals surface area contributed by atoms with E-state index in [1.165, 1.54) is 0 Å². The molecule has 5 heteroatoms. The quantitative estimate of drug-likeness (QED) is 0.334. The van der Waals surface area contributed by atoms with Crippen molar-refractivity contribution >= 4 is 17.4 Å². The summed E-state index contributed by atoms with van der Waals surface area (Å²) in [5.74, 6) is -0.0766. The molecular weight excluding hydrogens is 206 g/mol. The van der Waals surface area contributed by atoms with Crippen LogP contribution < -0.4 is 10.6 Å². The fourth-order valence-corrected chi connectivity index (χ4v) is 1.84. The van der Waals surface area contributed by atoms with Gasteiger partial charge in [0.25, 0.3) is 0 Å². The highest BCUT2D eigenvalue weighted by molar-refractivity contribution is 6.00. The van der Waals surface area contributed by atoms with E-state index in [0.29, 0.717) is 13.0 Å². The molecule has 1 heterocycles. The molecule has 1 atom stereocenters. The minimum Gasteiger partial charge on any atom is -0.409 e. The van der Waals surface area contributed by atoms with Crippen LogP contribution in [0, 0.1) is 5.92 Å². The van der Waals surface area contributed by atoms with E-state index in [-0.39, 0.29) is 17.7 Å². The fraction of sp³-hybridized carbons (Fsp3) is 0.273. The molecule has 2 rings (SSSR count). The number of nitrogens with zero attached hydrogens (tertiary/aromatic N) is 2. The fourth-order valence-electron chi connectivity index (χ4n) is 1.84. The molecule has 1 aliphatic heterocycles.